The van der Waals surface area contributed by atoms with Crippen molar-refractivity contribution in [3.05, 3.63) is 0 Å². The highest BCUT2D eigenvalue weighted by atomic mass is 16.6. The summed E-state index contributed by atoms with van der Waals surface area (Å²) >= 11 is 0. The molecule has 1 N–H and O–H groups in total. The normalized spacial score (nSPS) is 61.8. The number of hydrogen-bond acceptors (Lipinski definition) is 2. The molecule has 3 saturated carbocycles. The van der Waals surface area contributed by atoms with E-state index >= 15 is 0 Å². The van der Waals surface area contributed by atoms with Gasteiger partial charge in [-0.1, -0.05) is 13.8 Å². The lowest BCUT2D eigenvalue weighted by Crippen LogP contribution is -2.68. The topological polar surface area (TPSA) is 32.8 Å². The number of aliphatic hydroxyl groups is 1. The molecule has 0 aromatic rings. The zero-order valence-electron chi connectivity index (χ0n) is 8.63. The molecule has 2 heteroatoms. The highest BCUT2D eigenvalue weighted by Crippen LogP contribution is 2.69. The van der Waals surface area contributed by atoms with Crippen molar-refractivity contribution in [1.29, 1.82) is 0 Å². The first-order valence-electron chi connectivity index (χ1n) is 5.26. The van der Waals surface area contributed by atoms with E-state index in [0.29, 0.717) is 11.3 Å². The highest BCUT2D eigenvalue weighted by molar-refractivity contribution is 5.23. The smallest absolute Gasteiger partial charge is 0.120 e. The Balaban J connectivity index is 1.99. The molecule has 0 radical (unpaired) electrons. The summed E-state index contributed by atoms with van der Waals surface area (Å²) in [7, 11) is 0. The number of ether oxygens (including phenoxy) is 1. The van der Waals surface area contributed by atoms with Crippen LogP contribution in [0.1, 0.15) is 33.6 Å². The molecule has 4 aliphatic rings. The van der Waals surface area contributed by atoms with E-state index in [0.717, 1.165) is 18.9 Å². The van der Waals surface area contributed by atoms with E-state index < -0.39 is 5.60 Å². The molecule has 2 nitrogen and oxygen atoms in total. The van der Waals surface area contributed by atoms with Gasteiger partial charge in [-0.15, -0.1) is 0 Å². The molecule has 0 aromatic heterocycles. The van der Waals surface area contributed by atoms with Crippen LogP contribution in [0.3, 0.4) is 0 Å². The average Bonchev–Trinajstić information content (AvgIpc) is 2.75. The van der Waals surface area contributed by atoms with Gasteiger partial charge in [0.2, 0.25) is 0 Å². The zero-order chi connectivity index (χ0) is 9.48. The zero-order valence-corrected chi connectivity index (χ0v) is 8.63. The molecule has 4 fully saturated rings. The van der Waals surface area contributed by atoms with Crippen LogP contribution >= 0.6 is 0 Å². The summed E-state index contributed by atoms with van der Waals surface area (Å²) < 4.78 is 5.50. The van der Waals surface area contributed by atoms with Crippen molar-refractivity contribution in [2.45, 2.75) is 44.8 Å². The van der Waals surface area contributed by atoms with Gasteiger partial charge in [-0.2, -0.15) is 0 Å². The molecule has 2 bridgehead atoms. The Morgan fingerprint density at radius 1 is 1.31 bits per heavy atom. The highest BCUT2D eigenvalue weighted by Gasteiger charge is 2.74. The molecule has 4 unspecified atom stereocenters. The van der Waals surface area contributed by atoms with Crippen LogP contribution < -0.4 is 0 Å². The number of rotatable bonds is 0. The predicted octanol–water partition coefficient (Wildman–Crippen LogP) is 1.57. The summed E-state index contributed by atoms with van der Waals surface area (Å²) in [6, 6.07) is 0. The Labute approximate surface area is 79.3 Å². The SMILES string of the molecule is CC1(C)C2CC1C(C)(O)C1(CO1)C2. The summed E-state index contributed by atoms with van der Waals surface area (Å²) in [5.74, 6) is 1.22. The van der Waals surface area contributed by atoms with Crippen molar-refractivity contribution in [2.75, 3.05) is 6.61 Å². The van der Waals surface area contributed by atoms with Crippen LogP contribution in [-0.4, -0.2) is 22.9 Å². The second-order valence-electron chi connectivity index (χ2n) is 5.94. The fraction of sp³-hybridized carbons (Fsp3) is 1.00. The van der Waals surface area contributed by atoms with Crippen LogP contribution in [0.4, 0.5) is 0 Å². The molecule has 0 amide bonds. The Morgan fingerprint density at radius 2 is 1.92 bits per heavy atom. The average molecular weight is 182 g/mol. The molecule has 13 heavy (non-hydrogen) atoms. The summed E-state index contributed by atoms with van der Waals surface area (Å²) in [4.78, 5) is 0. The summed E-state index contributed by atoms with van der Waals surface area (Å²) in [5.41, 5.74) is -0.387. The minimum atomic E-state index is -0.578. The fourth-order valence-corrected chi connectivity index (χ4v) is 3.74. The monoisotopic (exact) mass is 182 g/mol. The lowest BCUT2D eigenvalue weighted by molar-refractivity contribution is -0.230. The molecule has 4 atom stereocenters. The summed E-state index contributed by atoms with van der Waals surface area (Å²) in [6.45, 7) is 7.33. The molecule has 1 heterocycles. The molecule has 1 spiro atoms. The van der Waals surface area contributed by atoms with Crippen LogP contribution in [0.5, 0.6) is 0 Å². The van der Waals surface area contributed by atoms with Gasteiger partial charge in [-0.05, 0) is 37.0 Å². The summed E-state index contributed by atoms with van der Waals surface area (Å²) in [5, 5.41) is 10.5. The third-order valence-corrected chi connectivity index (χ3v) is 5.14. The molecule has 4 rings (SSSR count). The van der Waals surface area contributed by atoms with Crippen molar-refractivity contribution in [1.82, 2.24) is 0 Å². The van der Waals surface area contributed by atoms with Crippen LogP contribution in [0.2, 0.25) is 0 Å². The molecular formula is C11H18O2. The van der Waals surface area contributed by atoms with Gasteiger partial charge in [-0.3, -0.25) is 0 Å². The summed E-state index contributed by atoms with van der Waals surface area (Å²) in [6.07, 6.45) is 2.27. The van der Waals surface area contributed by atoms with E-state index in [9.17, 15) is 5.11 Å². The minimum Gasteiger partial charge on any atom is -0.387 e. The number of epoxide rings is 1. The van der Waals surface area contributed by atoms with Crippen LogP contribution in [0.25, 0.3) is 0 Å². The van der Waals surface area contributed by atoms with Crippen LogP contribution in [0.15, 0.2) is 0 Å². The van der Waals surface area contributed by atoms with Crippen molar-refractivity contribution in [3.63, 3.8) is 0 Å². The predicted molar refractivity (Wildman–Crippen MR) is 49.3 cm³/mol. The van der Waals surface area contributed by atoms with Gasteiger partial charge in [0.1, 0.15) is 5.60 Å². The third-order valence-electron chi connectivity index (χ3n) is 5.14. The first-order valence-corrected chi connectivity index (χ1v) is 5.26. The molecule has 0 aromatic carbocycles. The van der Waals surface area contributed by atoms with E-state index in [2.05, 4.69) is 13.8 Å². The van der Waals surface area contributed by atoms with Crippen LogP contribution in [0, 0.1) is 17.3 Å². The molecular weight excluding hydrogens is 164 g/mol. The minimum absolute atomic E-state index is 0.143. The third kappa shape index (κ3) is 0.701. The Kier molecular flexibility index (Phi) is 1.16. The fourth-order valence-electron chi connectivity index (χ4n) is 3.74. The first kappa shape index (κ1) is 8.25. The maximum atomic E-state index is 10.5. The quantitative estimate of drug-likeness (QED) is 0.577. The van der Waals surface area contributed by atoms with Crippen molar-refractivity contribution < 1.29 is 9.84 Å². The van der Waals surface area contributed by atoms with Crippen molar-refractivity contribution >= 4 is 0 Å². The van der Waals surface area contributed by atoms with E-state index in [4.69, 9.17) is 4.74 Å². The molecule has 3 aliphatic carbocycles. The van der Waals surface area contributed by atoms with Gasteiger partial charge < -0.3 is 9.84 Å². The standard InChI is InChI=1S/C11H18O2/c1-9(2)7-4-8(9)10(3,12)11(5-7)6-13-11/h7-8,12H,4-6H2,1-3H3. The first-order chi connectivity index (χ1) is 5.90. The molecule has 74 valence electrons. The lowest BCUT2D eigenvalue weighted by atomic mass is 9.41. The second kappa shape index (κ2) is 1.82. The Bertz CT molecular complexity index is 263. The van der Waals surface area contributed by atoms with Gasteiger partial charge in [0.05, 0.1) is 12.2 Å². The lowest BCUT2D eigenvalue weighted by Gasteiger charge is -2.64. The van der Waals surface area contributed by atoms with Gasteiger partial charge >= 0.3 is 0 Å². The van der Waals surface area contributed by atoms with Gasteiger partial charge in [0, 0.05) is 0 Å². The van der Waals surface area contributed by atoms with Crippen molar-refractivity contribution in [2.24, 2.45) is 17.3 Å². The maximum Gasteiger partial charge on any atom is 0.120 e. The maximum absolute atomic E-state index is 10.5. The van der Waals surface area contributed by atoms with Gasteiger partial charge in [0.15, 0.2) is 0 Å². The van der Waals surface area contributed by atoms with Crippen molar-refractivity contribution in [3.8, 4) is 0 Å². The largest absolute Gasteiger partial charge is 0.387 e. The Morgan fingerprint density at radius 3 is 2.31 bits per heavy atom. The molecule has 1 aliphatic heterocycles. The van der Waals surface area contributed by atoms with Crippen LogP contribution in [-0.2, 0) is 4.74 Å². The Hall–Kier alpha value is -0.0800. The van der Waals surface area contributed by atoms with E-state index in [1.54, 1.807) is 0 Å². The van der Waals surface area contributed by atoms with Gasteiger partial charge in [-0.25, -0.2) is 0 Å². The van der Waals surface area contributed by atoms with Gasteiger partial charge in [0.25, 0.3) is 0 Å². The van der Waals surface area contributed by atoms with E-state index in [1.807, 2.05) is 6.92 Å². The number of hydrogen-bond donors (Lipinski definition) is 1. The molecule has 1 saturated heterocycles. The second-order valence-corrected chi connectivity index (χ2v) is 5.94. The van der Waals surface area contributed by atoms with E-state index in [-0.39, 0.29) is 5.60 Å². The van der Waals surface area contributed by atoms with E-state index in [1.165, 1.54) is 6.42 Å².